The number of phenolic OH excluding ortho intramolecular Hbond substituents is 1. The number of nitrogen functional groups attached to an aromatic ring is 1. The minimum Gasteiger partial charge on any atom is -0.508 e. The second-order valence-electron chi connectivity index (χ2n) is 4.11. The number of anilines is 1. The average molecular weight is 257 g/mol. The van der Waals surface area contributed by atoms with Gasteiger partial charge in [0.15, 0.2) is 5.82 Å². The van der Waals surface area contributed by atoms with Crippen molar-refractivity contribution in [2.75, 3.05) is 5.73 Å². The average Bonchev–Trinajstić information content (AvgIpc) is 2.69. The number of rotatable bonds is 1. The number of aromatic hydroxyl groups is 1. The Labute approximate surface area is 109 Å². The summed E-state index contributed by atoms with van der Waals surface area (Å²) in [6.45, 7) is 0. The number of thiol groups is 1. The number of H-pyrrole nitrogens is 1. The summed E-state index contributed by atoms with van der Waals surface area (Å²) in [5.74, 6) is 0.684. The number of nitrogens with two attached hydrogens (primary N) is 1. The van der Waals surface area contributed by atoms with Crippen LogP contribution in [0.1, 0.15) is 0 Å². The Morgan fingerprint density at radius 1 is 1.11 bits per heavy atom. The second kappa shape index (κ2) is 3.96. The third-order valence-electron chi connectivity index (χ3n) is 2.83. The molecule has 0 amide bonds. The predicted octanol–water partition coefficient (Wildman–Crippen LogP) is 2.81. The summed E-state index contributed by atoms with van der Waals surface area (Å²) < 4.78 is 0. The lowest BCUT2D eigenvalue weighted by molar-refractivity contribution is 0.474. The van der Waals surface area contributed by atoms with Crippen LogP contribution in [0, 0.1) is 0 Å². The van der Waals surface area contributed by atoms with Gasteiger partial charge in [-0.05, 0) is 41.5 Å². The topological polar surface area (TPSA) is 74.9 Å². The van der Waals surface area contributed by atoms with Crippen LogP contribution in [0.2, 0.25) is 0 Å². The molecule has 0 spiro atoms. The highest BCUT2D eigenvalue weighted by atomic mass is 32.1. The van der Waals surface area contributed by atoms with E-state index in [9.17, 15) is 5.11 Å². The maximum atomic E-state index is 9.58. The van der Waals surface area contributed by atoms with Gasteiger partial charge in [0.1, 0.15) is 5.75 Å². The molecule has 3 rings (SSSR count). The lowest BCUT2D eigenvalue weighted by Crippen LogP contribution is -1.83. The van der Waals surface area contributed by atoms with E-state index in [1.807, 2.05) is 24.3 Å². The Hall–Kier alpha value is -2.14. The number of aromatic nitrogens is 2. The fraction of sp³-hybridized carbons (Fsp3) is 0. The standard InChI is InChI=1S/C13H11N3OS/c14-13-11-2-1-7(5-12(11)15-16-13)8-3-9(17)6-10(18)4-8/h1-6,17-18H,(H3,14,15,16). The van der Waals surface area contributed by atoms with Gasteiger partial charge >= 0.3 is 0 Å². The lowest BCUT2D eigenvalue weighted by atomic mass is 10.0. The van der Waals surface area contributed by atoms with Crippen molar-refractivity contribution in [3.63, 3.8) is 0 Å². The normalized spacial score (nSPS) is 10.9. The van der Waals surface area contributed by atoms with Crippen LogP contribution >= 0.6 is 12.6 Å². The first-order chi connectivity index (χ1) is 8.63. The van der Waals surface area contributed by atoms with Crippen molar-refractivity contribution in [3.05, 3.63) is 36.4 Å². The Kier molecular flexibility index (Phi) is 2.41. The molecule has 0 saturated carbocycles. The minimum absolute atomic E-state index is 0.196. The van der Waals surface area contributed by atoms with Crippen molar-refractivity contribution in [1.82, 2.24) is 10.2 Å². The van der Waals surface area contributed by atoms with E-state index >= 15 is 0 Å². The quantitative estimate of drug-likeness (QED) is 0.506. The molecule has 0 radical (unpaired) electrons. The van der Waals surface area contributed by atoms with E-state index in [2.05, 4.69) is 22.8 Å². The van der Waals surface area contributed by atoms with E-state index in [-0.39, 0.29) is 5.75 Å². The van der Waals surface area contributed by atoms with Crippen LogP contribution in [0.25, 0.3) is 22.0 Å². The third kappa shape index (κ3) is 1.78. The molecule has 4 nitrogen and oxygen atoms in total. The number of hydrogen-bond donors (Lipinski definition) is 4. The molecule has 90 valence electrons. The molecular formula is C13H11N3OS. The number of benzene rings is 2. The molecule has 0 aliphatic rings. The van der Waals surface area contributed by atoms with Crippen molar-refractivity contribution in [1.29, 1.82) is 0 Å². The lowest BCUT2D eigenvalue weighted by Gasteiger charge is -2.04. The van der Waals surface area contributed by atoms with E-state index in [4.69, 9.17) is 5.73 Å². The summed E-state index contributed by atoms with van der Waals surface area (Å²) in [4.78, 5) is 0.717. The molecule has 1 aromatic heterocycles. The maximum Gasteiger partial charge on any atom is 0.153 e. The fourth-order valence-corrected chi connectivity index (χ4v) is 2.25. The van der Waals surface area contributed by atoms with Crippen LogP contribution < -0.4 is 5.73 Å². The van der Waals surface area contributed by atoms with Crippen molar-refractivity contribution in [2.45, 2.75) is 4.90 Å². The van der Waals surface area contributed by atoms with Crippen molar-refractivity contribution in [2.24, 2.45) is 0 Å². The molecular weight excluding hydrogens is 246 g/mol. The van der Waals surface area contributed by atoms with E-state index in [0.29, 0.717) is 10.7 Å². The highest BCUT2D eigenvalue weighted by molar-refractivity contribution is 7.80. The Bertz CT molecular complexity index is 716. The summed E-state index contributed by atoms with van der Waals surface area (Å²) >= 11 is 4.25. The third-order valence-corrected chi connectivity index (χ3v) is 3.09. The molecule has 0 aliphatic heterocycles. The van der Waals surface area contributed by atoms with Gasteiger partial charge in [-0.2, -0.15) is 5.10 Å². The summed E-state index contributed by atoms with van der Waals surface area (Å²) in [7, 11) is 0. The molecule has 3 aromatic rings. The van der Waals surface area contributed by atoms with Gasteiger partial charge in [-0.15, -0.1) is 12.6 Å². The van der Waals surface area contributed by atoms with Crippen LogP contribution in [0.15, 0.2) is 41.3 Å². The molecule has 0 saturated heterocycles. The van der Waals surface area contributed by atoms with E-state index < -0.39 is 0 Å². The van der Waals surface area contributed by atoms with Gasteiger partial charge in [0.25, 0.3) is 0 Å². The first kappa shape index (κ1) is 11.0. The fourth-order valence-electron chi connectivity index (χ4n) is 1.98. The molecule has 0 aliphatic carbocycles. The molecule has 0 bridgehead atoms. The van der Waals surface area contributed by atoms with Crippen molar-refractivity contribution in [3.8, 4) is 16.9 Å². The van der Waals surface area contributed by atoms with Crippen LogP contribution in [0.4, 0.5) is 5.82 Å². The highest BCUT2D eigenvalue weighted by Crippen LogP contribution is 2.29. The van der Waals surface area contributed by atoms with E-state index in [1.165, 1.54) is 0 Å². The van der Waals surface area contributed by atoms with Gasteiger partial charge in [0.05, 0.1) is 5.52 Å². The molecule has 4 N–H and O–H groups in total. The van der Waals surface area contributed by atoms with Gasteiger partial charge in [0, 0.05) is 10.3 Å². The molecule has 0 fully saturated rings. The molecule has 0 atom stereocenters. The number of hydrogen-bond acceptors (Lipinski definition) is 4. The smallest absolute Gasteiger partial charge is 0.153 e. The van der Waals surface area contributed by atoms with Crippen molar-refractivity contribution < 1.29 is 5.11 Å². The van der Waals surface area contributed by atoms with E-state index in [0.717, 1.165) is 22.0 Å². The van der Waals surface area contributed by atoms with E-state index in [1.54, 1.807) is 12.1 Å². The number of nitrogens with one attached hydrogen (secondary N) is 1. The first-order valence-electron chi connectivity index (χ1n) is 5.40. The van der Waals surface area contributed by atoms with Crippen LogP contribution in [0.5, 0.6) is 5.75 Å². The van der Waals surface area contributed by atoms with Gasteiger partial charge in [0.2, 0.25) is 0 Å². The van der Waals surface area contributed by atoms with Crippen LogP contribution in [-0.4, -0.2) is 15.3 Å². The Morgan fingerprint density at radius 2 is 1.94 bits per heavy atom. The zero-order valence-electron chi connectivity index (χ0n) is 9.38. The molecule has 0 unspecified atom stereocenters. The zero-order valence-corrected chi connectivity index (χ0v) is 10.3. The Morgan fingerprint density at radius 3 is 2.72 bits per heavy atom. The number of aromatic amines is 1. The maximum absolute atomic E-state index is 9.58. The van der Waals surface area contributed by atoms with Gasteiger partial charge < -0.3 is 10.8 Å². The Balaban J connectivity index is 2.18. The largest absolute Gasteiger partial charge is 0.508 e. The molecule has 18 heavy (non-hydrogen) atoms. The van der Waals surface area contributed by atoms with Crippen LogP contribution in [-0.2, 0) is 0 Å². The second-order valence-corrected chi connectivity index (χ2v) is 4.62. The summed E-state index contributed by atoms with van der Waals surface area (Å²) in [5.41, 5.74) is 8.46. The monoisotopic (exact) mass is 257 g/mol. The SMILES string of the molecule is Nc1n[nH]c2cc(-c3cc(O)cc(S)c3)ccc12. The summed E-state index contributed by atoms with van der Waals surface area (Å²) in [6, 6.07) is 11.0. The zero-order chi connectivity index (χ0) is 12.7. The van der Waals surface area contributed by atoms with Crippen molar-refractivity contribution >= 4 is 29.3 Å². The number of phenols is 1. The molecule has 1 heterocycles. The van der Waals surface area contributed by atoms with Crippen LogP contribution in [0.3, 0.4) is 0 Å². The summed E-state index contributed by atoms with van der Waals surface area (Å²) in [6.07, 6.45) is 0. The predicted molar refractivity (Wildman–Crippen MR) is 74.9 cm³/mol. The van der Waals surface area contributed by atoms with Gasteiger partial charge in [-0.25, -0.2) is 0 Å². The van der Waals surface area contributed by atoms with Gasteiger partial charge in [-0.1, -0.05) is 6.07 Å². The summed E-state index contributed by atoms with van der Waals surface area (Å²) in [5, 5.41) is 17.3. The highest BCUT2D eigenvalue weighted by Gasteiger charge is 2.06. The molecule has 5 heteroatoms. The minimum atomic E-state index is 0.196. The number of nitrogens with zero attached hydrogens (tertiary/aromatic N) is 1. The van der Waals surface area contributed by atoms with Gasteiger partial charge in [-0.3, -0.25) is 5.10 Å². The number of fused-ring (bicyclic) bond motifs is 1. The first-order valence-corrected chi connectivity index (χ1v) is 5.85. The molecule has 2 aromatic carbocycles.